The van der Waals surface area contributed by atoms with Gasteiger partial charge < -0.3 is 10.2 Å². The summed E-state index contributed by atoms with van der Waals surface area (Å²) in [5, 5.41) is 18.2. The molecule has 60 valence electrons. The Morgan fingerprint density at radius 2 is 2.00 bits per heavy atom. The molecule has 0 radical (unpaired) electrons. The summed E-state index contributed by atoms with van der Waals surface area (Å²) in [5.41, 5.74) is -0.475. The molecule has 0 aromatic rings. The lowest BCUT2D eigenvalue weighted by molar-refractivity contribution is 0.131. The molecule has 0 amide bonds. The molecule has 0 saturated heterocycles. The highest BCUT2D eigenvalue weighted by atomic mass is 16.3. The van der Waals surface area contributed by atoms with Crippen LogP contribution in [0.15, 0.2) is 0 Å². The van der Waals surface area contributed by atoms with Gasteiger partial charge in [0.25, 0.3) is 0 Å². The summed E-state index contributed by atoms with van der Waals surface area (Å²) < 4.78 is 0. The van der Waals surface area contributed by atoms with Gasteiger partial charge in [-0.05, 0) is 25.2 Å². The van der Waals surface area contributed by atoms with Gasteiger partial charge in [0, 0.05) is 6.61 Å². The van der Waals surface area contributed by atoms with Gasteiger partial charge in [0.1, 0.15) is 0 Å². The summed E-state index contributed by atoms with van der Waals surface area (Å²) in [6, 6.07) is 0. The van der Waals surface area contributed by atoms with Crippen molar-refractivity contribution < 1.29 is 10.2 Å². The van der Waals surface area contributed by atoms with E-state index in [1.165, 1.54) is 0 Å². The third-order valence-electron chi connectivity index (χ3n) is 2.76. The molecule has 0 spiro atoms. The van der Waals surface area contributed by atoms with Crippen LogP contribution in [0.1, 0.15) is 26.7 Å². The van der Waals surface area contributed by atoms with Crippen LogP contribution in [-0.4, -0.2) is 22.4 Å². The Labute approximate surface area is 61.9 Å². The van der Waals surface area contributed by atoms with E-state index in [9.17, 15) is 5.11 Å². The molecule has 10 heavy (non-hydrogen) atoms. The van der Waals surface area contributed by atoms with Gasteiger partial charge in [0.15, 0.2) is 0 Å². The van der Waals surface area contributed by atoms with Crippen LogP contribution >= 0.6 is 0 Å². The predicted molar refractivity (Wildman–Crippen MR) is 39.6 cm³/mol. The SMILES string of the molecule is CC[C@@H]1[C@@H](CCO)[C@@]1(C)O. The lowest BCUT2D eigenvalue weighted by atomic mass is 10.2. The Morgan fingerprint density at radius 3 is 2.30 bits per heavy atom. The fourth-order valence-corrected chi connectivity index (χ4v) is 2.01. The molecule has 1 aliphatic carbocycles. The number of hydrogen-bond donors (Lipinski definition) is 2. The summed E-state index contributed by atoms with van der Waals surface area (Å²) in [7, 11) is 0. The predicted octanol–water partition coefficient (Wildman–Crippen LogP) is 0.776. The van der Waals surface area contributed by atoms with Gasteiger partial charge in [-0.25, -0.2) is 0 Å². The number of hydrogen-bond acceptors (Lipinski definition) is 2. The smallest absolute Gasteiger partial charge is 0.0684 e. The van der Waals surface area contributed by atoms with Crippen molar-refractivity contribution in [3.05, 3.63) is 0 Å². The first-order chi connectivity index (χ1) is 4.64. The zero-order valence-corrected chi connectivity index (χ0v) is 6.67. The minimum absolute atomic E-state index is 0.206. The van der Waals surface area contributed by atoms with Crippen LogP contribution in [-0.2, 0) is 0 Å². The molecule has 3 atom stereocenters. The van der Waals surface area contributed by atoms with Crippen molar-refractivity contribution in [2.24, 2.45) is 11.8 Å². The van der Waals surface area contributed by atoms with Crippen molar-refractivity contribution in [3.8, 4) is 0 Å². The largest absolute Gasteiger partial charge is 0.396 e. The molecule has 1 fully saturated rings. The van der Waals surface area contributed by atoms with E-state index < -0.39 is 5.60 Å². The van der Waals surface area contributed by atoms with Crippen LogP contribution in [0, 0.1) is 11.8 Å². The average Bonchev–Trinajstić information content (AvgIpc) is 2.36. The molecule has 1 aliphatic rings. The molecular weight excluding hydrogens is 128 g/mol. The summed E-state index contributed by atoms with van der Waals surface area (Å²) in [6.07, 6.45) is 1.78. The molecule has 2 N–H and O–H groups in total. The first-order valence-corrected chi connectivity index (χ1v) is 3.97. The zero-order chi connectivity index (χ0) is 7.78. The summed E-state index contributed by atoms with van der Waals surface area (Å²) in [5.74, 6) is 0.780. The van der Waals surface area contributed by atoms with Crippen LogP contribution in [0.25, 0.3) is 0 Å². The fourth-order valence-electron chi connectivity index (χ4n) is 2.01. The summed E-state index contributed by atoms with van der Waals surface area (Å²) in [6.45, 7) is 4.15. The van der Waals surface area contributed by atoms with E-state index in [0.717, 1.165) is 12.8 Å². The molecule has 1 saturated carbocycles. The normalized spacial score (nSPS) is 45.6. The number of aliphatic hydroxyl groups is 2. The highest BCUT2D eigenvalue weighted by Crippen LogP contribution is 2.53. The minimum Gasteiger partial charge on any atom is -0.396 e. The second-order valence-electron chi connectivity index (χ2n) is 3.36. The maximum atomic E-state index is 9.57. The van der Waals surface area contributed by atoms with Crippen molar-refractivity contribution >= 4 is 0 Å². The van der Waals surface area contributed by atoms with Crippen LogP contribution < -0.4 is 0 Å². The molecule has 2 nitrogen and oxygen atoms in total. The van der Waals surface area contributed by atoms with E-state index >= 15 is 0 Å². The van der Waals surface area contributed by atoms with Gasteiger partial charge in [0.05, 0.1) is 5.60 Å². The maximum Gasteiger partial charge on any atom is 0.0684 e. The lowest BCUT2D eigenvalue weighted by Crippen LogP contribution is -2.06. The van der Waals surface area contributed by atoms with Crippen molar-refractivity contribution in [1.82, 2.24) is 0 Å². The van der Waals surface area contributed by atoms with E-state index in [0.29, 0.717) is 11.8 Å². The van der Waals surface area contributed by atoms with Crippen molar-refractivity contribution in [2.45, 2.75) is 32.3 Å². The molecule has 0 aliphatic heterocycles. The molecule has 0 heterocycles. The molecular formula is C8H16O2. The Bertz CT molecular complexity index is 120. The molecule has 0 aromatic heterocycles. The Balaban J connectivity index is 2.37. The summed E-state index contributed by atoms with van der Waals surface area (Å²) >= 11 is 0. The molecule has 0 bridgehead atoms. The van der Waals surface area contributed by atoms with E-state index in [1.54, 1.807) is 0 Å². The monoisotopic (exact) mass is 144 g/mol. The van der Waals surface area contributed by atoms with Gasteiger partial charge in [-0.2, -0.15) is 0 Å². The first kappa shape index (κ1) is 8.02. The Morgan fingerprint density at radius 1 is 1.40 bits per heavy atom. The van der Waals surface area contributed by atoms with Gasteiger partial charge in [0.2, 0.25) is 0 Å². The van der Waals surface area contributed by atoms with Crippen LogP contribution in [0.4, 0.5) is 0 Å². The van der Waals surface area contributed by atoms with Gasteiger partial charge >= 0.3 is 0 Å². The first-order valence-electron chi connectivity index (χ1n) is 3.97. The van der Waals surface area contributed by atoms with Crippen LogP contribution in [0.3, 0.4) is 0 Å². The topological polar surface area (TPSA) is 40.5 Å². The Hall–Kier alpha value is -0.0800. The molecule has 2 heteroatoms. The standard InChI is InChI=1S/C8H16O2/c1-3-6-7(4-5-9)8(6,2)10/h6-7,9-10H,3-5H2,1-2H3/t6-,7-,8+/m1/s1. The van der Waals surface area contributed by atoms with Gasteiger partial charge in [-0.3, -0.25) is 0 Å². The van der Waals surface area contributed by atoms with Crippen LogP contribution in [0.5, 0.6) is 0 Å². The van der Waals surface area contributed by atoms with Crippen molar-refractivity contribution in [1.29, 1.82) is 0 Å². The molecule has 1 rings (SSSR count). The quantitative estimate of drug-likeness (QED) is 0.614. The zero-order valence-electron chi connectivity index (χ0n) is 6.67. The van der Waals surface area contributed by atoms with Gasteiger partial charge in [-0.15, -0.1) is 0 Å². The fraction of sp³-hybridized carbons (Fsp3) is 1.00. The second-order valence-corrected chi connectivity index (χ2v) is 3.36. The maximum absolute atomic E-state index is 9.57. The average molecular weight is 144 g/mol. The number of rotatable bonds is 3. The molecule has 0 aromatic carbocycles. The van der Waals surface area contributed by atoms with Crippen molar-refractivity contribution in [3.63, 3.8) is 0 Å². The second kappa shape index (κ2) is 2.51. The summed E-state index contributed by atoms with van der Waals surface area (Å²) in [4.78, 5) is 0. The lowest BCUT2D eigenvalue weighted by Gasteiger charge is -1.98. The van der Waals surface area contributed by atoms with E-state index in [1.807, 2.05) is 6.92 Å². The van der Waals surface area contributed by atoms with E-state index in [2.05, 4.69) is 6.92 Å². The highest BCUT2D eigenvalue weighted by Gasteiger charge is 2.58. The molecule has 0 unspecified atom stereocenters. The number of aliphatic hydroxyl groups excluding tert-OH is 1. The van der Waals surface area contributed by atoms with Crippen molar-refractivity contribution in [2.75, 3.05) is 6.61 Å². The Kier molecular flexibility index (Phi) is 2.02. The third-order valence-corrected chi connectivity index (χ3v) is 2.76. The van der Waals surface area contributed by atoms with E-state index in [-0.39, 0.29) is 6.61 Å². The third kappa shape index (κ3) is 1.06. The van der Waals surface area contributed by atoms with E-state index in [4.69, 9.17) is 5.11 Å². The minimum atomic E-state index is -0.475. The highest BCUT2D eigenvalue weighted by molar-refractivity contribution is 5.07. The van der Waals surface area contributed by atoms with Crippen LogP contribution in [0.2, 0.25) is 0 Å². The van der Waals surface area contributed by atoms with Gasteiger partial charge in [-0.1, -0.05) is 13.3 Å².